The largest absolute Gasteiger partial charge is 0.493 e. The Morgan fingerprint density at radius 3 is 2.06 bits per heavy atom. The van der Waals surface area contributed by atoms with Crippen LogP contribution in [0.4, 0.5) is 11.4 Å². The second kappa shape index (κ2) is 15.8. The van der Waals surface area contributed by atoms with Crippen molar-refractivity contribution in [2.24, 2.45) is 15.8 Å². The Hall–Kier alpha value is -4.51. The van der Waals surface area contributed by atoms with Gasteiger partial charge < -0.3 is 38.8 Å². The molecule has 0 spiro atoms. The summed E-state index contributed by atoms with van der Waals surface area (Å²) in [6.07, 6.45) is 4.89. The summed E-state index contributed by atoms with van der Waals surface area (Å²) in [7, 11) is 4.94. The molecule has 11 heteroatoms. The Kier molecular flexibility index (Phi) is 11.9. The van der Waals surface area contributed by atoms with E-state index < -0.39 is 6.23 Å². The molecule has 0 saturated carbocycles. The highest BCUT2D eigenvalue weighted by Crippen LogP contribution is 2.43. The molecule has 0 aromatic heterocycles. The van der Waals surface area contributed by atoms with Crippen LogP contribution in [0.25, 0.3) is 0 Å². The van der Waals surface area contributed by atoms with Gasteiger partial charge in [-0.1, -0.05) is 65.8 Å². The molecule has 0 radical (unpaired) electrons. The van der Waals surface area contributed by atoms with Crippen LogP contribution in [0.3, 0.4) is 0 Å². The lowest BCUT2D eigenvalue weighted by molar-refractivity contribution is 0.0527. The van der Waals surface area contributed by atoms with Gasteiger partial charge in [-0.05, 0) is 55.1 Å². The van der Waals surface area contributed by atoms with Gasteiger partial charge in [-0.25, -0.2) is 0 Å². The molecule has 4 heterocycles. The highest BCUT2D eigenvalue weighted by Gasteiger charge is 2.43. The lowest BCUT2D eigenvalue weighted by atomic mass is 9.78. The molecule has 0 aliphatic carbocycles. The molecule has 0 bridgehead atoms. The van der Waals surface area contributed by atoms with Crippen LogP contribution in [0, 0.1) is 10.8 Å². The maximum atomic E-state index is 13.5. The summed E-state index contributed by atoms with van der Waals surface area (Å²) in [5, 5.41) is 11.1. The topological polar surface area (TPSA) is 113 Å². The molecule has 288 valence electrons. The number of methoxy groups -OCH3 is 2. The number of amides is 2. The Bertz CT molecular complexity index is 1770. The quantitative estimate of drug-likeness (QED) is 0.225. The third-order valence-corrected chi connectivity index (χ3v) is 10.8. The number of aliphatic hydroxyl groups excluding tert-OH is 1. The zero-order valence-electron chi connectivity index (χ0n) is 33.1. The molecule has 2 aromatic rings. The van der Waals surface area contributed by atoms with Crippen molar-refractivity contribution in [3.8, 4) is 23.0 Å². The number of hydrogen-bond donors (Lipinski definition) is 1. The molecule has 2 amide bonds. The molecule has 6 rings (SSSR count). The standard InChI is InChI=1S/C40H52N4O7.C2H6/c1-24-14-26-20-41-29-18-34(32(48-8)16-27(29)36(45)43(26)21-24)51-23-40(5,6)11-10-39(3,4)12-13-50-35-19-30-28(17-33(35)49-9)37(46)44-22-25(2)15-31(44)38(47)42(30)7;1-2/h16-20,26,31,38,47H,1-2,10-15,21-23H2,3-9H3;1-2H3/t26?,31-,38-;/m0./s1. The van der Waals surface area contributed by atoms with Crippen molar-refractivity contribution in [2.45, 2.75) is 92.0 Å². The van der Waals surface area contributed by atoms with Gasteiger partial charge in [0.05, 0.1) is 62.0 Å². The Morgan fingerprint density at radius 2 is 1.38 bits per heavy atom. The Labute approximate surface area is 315 Å². The minimum absolute atomic E-state index is 0.0399. The third kappa shape index (κ3) is 8.35. The first kappa shape index (κ1) is 39.7. The van der Waals surface area contributed by atoms with E-state index in [9.17, 15) is 14.7 Å². The van der Waals surface area contributed by atoms with Crippen LogP contribution in [-0.4, -0.2) is 98.8 Å². The zero-order chi connectivity index (χ0) is 38.8. The van der Waals surface area contributed by atoms with Gasteiger partial charge in [-0.2, -0.15) is 0 Å². The van der Waals surface area contributed by atoms with E-state index in [-0.39, 0.29) is 34.7 Å². The summed E-state index contributed by atoms with van der Waals surface area (Å²) < 4.78 is 24.0. The number of fused-ring (bicyclic) bond motifs is 4. The molecule has 1 unspecified atom stereocenters. The average molecular weight is 731 g/mol. The van der Waals surface area contributed by atoms with E-state index in [1.165, 1.54) is 0 Å². The van der Waals surface area contributed by atoms with Gasteiger partial charge in [0.15, 0.2) is 23.0 Å². The fourth-order valence-electron chi connectivity index (χ4n) is 7.35. The highest BCUT2D eigenvalue weighted by atomic mass is 16.5. The predicted molar refractivity (Wildman–Crippen MR) is 209 cm³/mol. The summed E-state index contributed by atoms with van der Waals surface area (Å²) in [6.45, 7) is 22.8. The fourth-order valence-corrected chi connectivity index (χ4v) is 7.35. The summed E-state index contributed by atoms with van der Waals surface area (Å²) in [5.74, 6) is 1.86. The molecular formula is C42H58N4O7. The molecule has 4 aliphatic rings. The maximum Gasteiger partial charge on any atom is 0.257 e. The number of hydrogen-bond acceptors (Lipinski definition) is 9. The van der Waals surface area contributed by atoms with Crippen molar-refractivity contribution in [2.75, 3.05) is 52.5 Å². The number of nitrogens with zero attached hydrogens (tertiary/aromatic N) is 4. The van der Waals surface area contributed by atoms with Gasteiger partial charge in [0.25, 0.3) is 11.8 Å². The van der Waals surface area contributed by atoms with E-state index in [1.807, 2.05) is 31.0 Å². The van der Waals surface area contributed by atoms with E-state index in [2.05, 4.69) is 45.8 Å². The number of likely N-dealkylation sites (N-methyl/N-ethyl adjacent to an activating group) is 1. The second-order valence-corrected chi connectivity index (χ2v) is 16.0. The van der Waals surface area contributed by atoms with Gasteiger partial charge in [0, 0.05) is 38.5 Å². The van der Waals surface area contributed by atoms with Crippen LogP contribution in [0.1, 0.15) is 94.4 Å². The van der Waals surface area contributed by atoms with Crippen molar-refractivity contribution in [1.29, 1.82) is 0 Å². The first-order valence-corrected chi connectivity index (χ1v) is 18.7. The Morgan fingerprint density at radius 1 is 0.792 bits per heavy atom. The van der Waals surface area contributed by atoms with Crippen LogP contribution in [0.15, 0.2) is 53.6 Å². The molecule has 11 nitrogen and oxygen atoms in total. The maximum absolute atomic E-state index is 13.5. The summed E-state index contributed by atoms with van der Waals surface area (Å²) in [6, 6.07) is 6.64. The fraction of sp³-hybridized carbons (Fsp3) is 0.548. The van der Waals surface area contributed by atoms with Gasteiger partial charge in [-0.15, -0.1) is 0 Å². The first-order chi connectivity index (χ1) is 25.1. The summed E-state index contributed by atoms with van der Waals surface area (Å²) in [5.41, 5.74) is 3.94. The molecule has 2 saturated heterocycles. The van der Waals surface area contributed by atoms with E-state index in [0.29, 0.717) is 78.2 Å². The van der Waals surface area contributed by atoms with Crippen LogP contribution in [-0.2, 0) is 0 Å². The minimum Gasteiger partial charge on any atom is -0.493 e. The average Bonchev–Trinajstić information content (AvgIpc) is 3.68. The number of ether oxygens (including phenoxy) is 4. The first-order valence-electron chi connectivity index (χ1n) is 18.7. The van der Waals surface area contributed by atoms with E-state index in [0.717, 1.165) is 36.8 Å². The lowest BCUT2D eigenvalue weighted by Crippen LogP contribution is -2.47. The number of carbonyl (C=O) groups excluding carboxylic acids is 2. The lowest BCUT2D eigenvalue weighted by Gasteiger charge is -2.31. The number of carbonyl (C=O) groups is 2. The number of aliphatic hydroxyl groups is 1. The van der Waals surface area contributed by atoms with E-state index in [1.54, 1.807) is 49.3 Å². The molecule has 2 fully saturated rings. The number of benzene rings is 2. The van der Waals surface area contributed by atoms with Gasteiger partial charge in [0.1, 0.15) is 6.23 Å². The van der Waals surface area contributed by atoms with Crippen LogP contribution in [0.2, 0.25) is 0 Å². The van der Waals surface area contributed by atoms with Crippen molar-refractivity contribution < 1.29 is 33.6 Å². The van der Waals surface area contributed by atoms with Crippen molar-refractivity contribution in [3.05, 3.63) is 59.7 Å². The number of anilines is 1. The minimum atomic E-state index is -0.864. The second-order valence-electron chi connectivity index (χ2n) is 16.0. The summed E-state index contributed by atoms with van der Waals surface area (Å²) in [4.78, 5) is 36.8. The molecular weight excluding hydrogens is 672 g/mol. The van der Waals surface area contributed by atoms with Crippen molar-refractivity contribution in [3.63, 3.8) is 0 Å². The Balaban J connectivity index is 0.00000266. The van der Waals surface area contributed by atoms with Gasteiger partial charge in [0.2, 0.25) is 0 Å². The van der Waals surface area contributed by atoms with Crippen molar-refractivity contribution in [1.82, 2.24) is 9.80 Å². The normalized spacial score (nSPS) is 20.9. The van der Waals surface area contributed by atoms with E-state index in [4.69, 9.17) is 18.9 Å². The van der Waals surface area contributed by atoms with Crippen LogP contribution >= 0.6 is 0 Å². The zero-order valence-corrected chi connectivity index (χ0v) is 33.1. The third-order valence-electron chi connectivity index (χ3n) is 10.8. The molecule has 3 atom stereocenters. The molecule has 1 N–H and O–H groups in total. The number of rotatable bonds is 12. The monoisotopic (exact) mass is 730 g/mol. The summed E-state index contributed by atoms with van der Waals surface area (Å²) >= 11 is 0. The van der Waals surface area contributed by atoms with Gasteiger partial charge >= 0.3 is 0 Å². The molecule has 2 aromatic carbocycles. The van der Waals surface area contributed by atoms with Crippen LogP contribution in [0.5, 0.6) is 23.0 Å². The molecule has 4 aliphatic heterocycles. The highest BCUT2D eigenvalue weighted by molar-refractivity contribution is 6.04. The van der Waals surface area contributed by atoms with Crippen LogP contribution < -0.4 is 23.8 Å². The molecule has 53 heavy (non-hydrogen) atoms. The van der Waals surface area contributed by atoms with Crippen molar-refractivity contribution >= 4 is 29.4 Å². The SMILES string of the molecule is C=C1CC2C=Nc3cc(OCC(C)(C)CCC(C)(C)CCOc4cc5c(cc4OC)C(=O)N4CC(=C)C[C@H]4[C@H](O)N5C)c(OC)cc3C(=O)N2C1.CC. The van der Waals surface area contributed by atoms with Gasteiger partial charge in [-0.3, -0.25) is 14.6 Å². The predicted octanol–water partition coefficient (Wildman–Crippen LogP) is 7.44. The number of aliphatic imine (C=N–C) groups is 1. The van der Waals surface area contributed by atoms with E-state index >= 15 is 0 Å². The smallest absolute Gasteiger partial charge is 0.257 e.